The van der Waals surface area contributed by atoms with Gasteiger partial charge in [-0.05, 0) is 36.8 Å². The zero-order valence-electron chi connectivity index (χ0n) is 14.3. The van der Waals surface area contributed by atoms with Crippen LogP contribution < -0.4 is 20.7 Å². The van der Waals surface area contributed by atoms with Crippen LogP contribution in [0.5, 0.6) is 5.75 Å². The highest BCUT2D eigenvalue weighted by atomic mass is 19.1. The van der Waals surface area contributed by atoms with E-state index in [0.717, 1.165) is 0 Å². The van der Waals surface area contributed by atoms with Crippen LogP contribution in [0.3, 0.4) is 0 Å². The van der Waals surface area contributed by atoms with E-state index in [1.165, 1.54) is 25.3 Å². The van der Waals surface area contributed by atoms with Crippen LogP contribution >= 0.6 is 0 Å². The highest BCUT2D eigenvalue weighted by molar-refractivity contribution is 6.07. The Morgan fingerprint density at radius 2 is 1.96 bits per heavy atom. The molecule has 0 bridgehead atoms. The Bertz CT molecular complexity index is 895. The molecule has 0 saturated carbocycles. The molecule has 3 amide bonds. The van der Waals surface area contributed by atoms with Crippen molar-refractivity contribution < 1.29 is 18.7 Å². The number of hydrogen-bond donors (Lipinski definition) is 3. The fourth-order valence-electron chi connectivity index (χ4n) is 2.87. The van der Waals surface area contributed by atoms with Crippen LogP contribution in [0.4, 0.5) is 14.9 Å². The number of urea groups is 1. The maximum atomic E-state index is 13.6. The summed E-state index contributed by atoms with van der Waals surface area (Å²) in [4.78, 5) is 24.8. The number of methoxy groups -OCH3 is 1. The van der Waals surface area contributed by atoms with E-state index in [1.807, 2.05) is 0 Å². The van der Waals surface area contributed by atoms with Crippen molar-refractivity contribution in [3.63, 3.8) is 0 Å². The van der Waals surface area contributed by atoms with Crippen LogP contribution in [0, 0.1) is 5.82 Å². The summed E-state index contributed by atoms with van der Waals surface area (Å²) < 4.78 is 18.9. The average Bonchev–Trinajstić information content (AvgIpc) is 2.61. The molecule has 0 aliphatic carbocycles. The Hall–Kier alpha value is -3.35. The minimum atomic E-state index is -0.769. The highest BCUT2D eigenvalue weighted by Gasteiger charge is 2.31. The van der Waals surface area contributed by atoms with E-state index in [2.05, 4.69) is 16.0 Å². The molecule has 0 spiro atoms. The van der Waals surface area contributed by atoms with Gasteiger partial charge in [0.25, 0.3) is 5.91 Å². The smallest absolute Gasteiger partial charge is 0.319 e. The SMILES string of the molecule is COc1ccccc1NC(=O)C1=C(C)NC(=O)N[C@@H]1c1cccc(F)c1. The maximum absolute atomic E-state index is 13.6. The van der Waals surface area contributed by atoms with Gasteiger partial charge < -0.3 is 20.7 Å². The van der Waals surface area contributed by atoms with Crippen molar-refractivity contribution in [3.8, 4) is 5.75 Å². The first-order chi connectivity index (χ1) is 12.5. The summed E-state index contributed by atoms with van der Waals surface area (Å²) in [6.45, 7) is 1.63. The quantitative estimate of drug-likeness (QED) is 0.788. The largest absolute Gasteiger partial charge is 0.495 e. The molecule has 1 heterocycles. The van der Waals surface area contributed by atoms with E-state index >= 15 is 0 Å². The van der Waals surface area contributed by atoms with Crippen molar-refractivity contribution in [2.24, 2.45) is 0 Å². The van der Waals surface area contributed by atoms with E-state index in [4.69, 9.17) is 4.74 Å². The van der Waals surface area contributed by atoms with Gasteiger partial charge >= 0.3 is 6.03 Å². The fourth-order valence-corrected chi connectivity index (χ4v) is 2.87. The summed E-state index contributed by atoms with van der Waals surface area (Å²) in [6.07, 6.45) is 0. The summed E-state index contributed by atoms with van der Waals surface area (Å²) in [5.41, 5.74) is 1.66. The number of halogens is 1. The average molecular weight is 355 g/mol. The first-order valence-electron chi connectivity index (χ1n) is 7.97. The topological polar surface area (TPSA) is 79.5 Å². The summed E-state index contributed by atoms with van der Waals surface area (Å²) in [5.74, 6) is -0.361. The molecule has 0 radical (unpaired) electrons. The molecule has 1 aliphatic heterocycles. The monoisotopic (exact) mass is 355 g/mol. The molecular weight excluding hydrogens is 337 g/mol. The van der Waals surface area contributed by atoms with Gasteiger partial charge in [-0.25, -0.2) is 9.18 Å². The summed E-state index contributed by atoms with van der Waals surface area (Å²) in [7, 11) is 1.51. The second-order valence-electron chi connectivity index (χ2n) is 5.78. The van der Waals surface area contributed by atoms with Gasteiger partial charge in [-0.3, -0.25) is 4.79 Å². The van der Waals surface area contributed by atoms with Crippen LogP contribution in [-0.4, -0.2) is 19.0 Å². The second-order valence-corrected chi connectivity index (χ2v) is 5.78. The normalized spacial score (nSPS) is 16.6. The molecule has 0 unspecified atom stereocenters. The van der Waals surface area contributed by atoms with Gasteiger partial charge in [0.15, 0.2) is 0 Å². The number of carbonyl (C=O) groups is 2. The second kappa shape index (κ2) is 7.26. The molecule has 134 valence electrons. The number of rotatable bonds is 4. The first-order valence-corrected chi connectivity index (χ1v) is 7.97. The molecule has 6 nitrogen and oxygen atoms in total. The predicted molar refractivity (Wildman–Crippen MR) is 95.1 cm³/mol. The Balaban J connectivity index is 1.97. The van der Waals surface area contributed by atoms with Gasteiger partial charge in [0.2, 0.25) is 0 Å². The minimum Gasteiger partial charge on any atom is -0.495 e. The lowest BCUT2D eigenvalue weighted by molar-refractivity contribution is -0.113. The highest BCUT2D eigenvalue weighted by Crippen LogP contribution is 2.30. The molecule has 7 heteroatoms. The summed E-state index contributed by atoms with van der Waals surface area (Å²) >= 11 is 0. The molecule has 3 N–H and O–H groups in total. The predicted octanol–water partition coefficient (Wildman–Crippen LogP) is 3.10. The number of allylic oxidation sites excluding steroid dienone is 1. The van der Waals surface area contributed by atoms with Crippen molar-refractivity contribution >= 4 is 17.6 Å². The van der Waals surface area contributed by atoms with Gasteiger partial charge in [0, 0.05) is 5.70 Å². The first kappa shape index (κ1) is 17.5. The molecule has 2 aromatic rings. The number of nitrogens with one attached hydrogen (secondary N) is 3. The fraction of sp³-hybridized carbons (Fsp3) is 0.158. The molecule has 26 heavy (non-hydrogen) atoms. The van der Waals surface area contributed by atoms with E-state index < -0.39 is 23.8 Å². The number of carbonyl (C=O) groups excluding carboxylic acids is 2. The van der Waals surface area contributed by atoms with Gasteiger partial charge in [0.05, 0.1) is 24.4 Å². The van der Waals surface area contributed by atoms with Gasteiger partial charge in [-0.15, -0.1) is 0 Å². The Morgan fingerprint density at radius 1 is 1.19 bits per heavy atom. The molecule has 0 saturated heterocycles. The molecule has 1 aliphatic rings. The molecule has 2 aromatic carbocycles. The van der Waals surface area contributed by atoms with Crippen LogP contribution in [0.15, 0.2) is 59.8 Å². The van der Waals surface area contributed by atoms with Crippen molar-refractivity contribution in [1.82, 2.24) is 10.6 Å². The molecular formula is C19H18FN3O3. The van der Waals surface area contributed by atoms with E-state index in [0.29, 0.717) is 28.3 Å². The minimum absolute atomic E-state index is 0.293. The third-order valence-corrected chi connectivity index (χ3v) is 4.05. The van der Waals surface area contributed by atoms with Crippen molar-refractivity contribution in [3.05, 3.63) is 71.2 Å². The summed E-state index contributed by atoms with van der Waals surface area (Å²) in [6, 6.07) is 11.5. The third kappa shape index (κ3) is 3.51. The van der Waals surface area contributed by atoms with E-state index in [-0.39, 0.29) is 0 Å². The number of hydrogen-bond acceptors (Lipinski definition) is 3. The Kier molecular flexibility index (Phi) is 4.88. The molecule has 1 atom stereocenters. The number of ether oxygens (including phenoxy) is 1. The van der Waals surface area contributed by atoms with Crippen molar-refractivity contribution in [2.45, 2.75) is 13.0 Å². The Morgan fingerprint density at radius 3 is 2.69 bits per heavy atom. The summed E-state index contributed by atoms with van der Waals surface area (Å²) in [5, 5.41) is 8.04. The van der Waals surface area contributed by atoms with Gasteiger partial charge in [-0.2, -0.15) is 0 Å². The van der Waals surface area contributed by atoms with Crippen LogP contribution in [0.1, 0.15) is 18.5 Å². The van der Waals surface area contributed by atoms with Crippen LogP contribution in [0.2, 0.25) is 0 Å². The number of amides is 3. The van der Waals surface area contributed by atoms with Crippen LogP contribution in [-0.2, 0) is 4.79 Å². The molecule has 3 rings (SSSR count). The van der Waals surface area contributed by atoms with E-state index in [1.54, 1.807) is 37.3 Å². The number of para-hydroxylation sites is 2. The zero-order chi connectivity index (χ0) is 18.7. The number of anilines is 1. The standard InChI is InChI=1S/C19H18FN3O3/c1-11-16(18(24)22-14-8-3-4-9-15(14)26-2)17(23-19(25)21-11)12-6-5-7-13(20)10-12/h3-10,17H,1-2H3,(H,22,24)(H2,21,23,25)/t17-/m1/s1. The van der Waals surface area contributed by atoms with Gasteiger partial charge in [0.1, 0.15) is 11.6 Å². The van der Waals surface area contributed by atoms with E-state index in [9.17, 15) is 14.0 Å². The number of benzene rings is 2. The van der Waals surface area contributed by atoms with Crippen LogP contribution in [0.25, 0.3) is 0 Å². The van der Waals surface area contributed by atoms with Gasteiger partial charge in [-0.1, -0.05) is 24.3 Å². The lowest BCUT2D eigenvalue weighted by atomic mass is 9.94. The maximum Gasteiger partial charge on any atom is 0.319 e. The Labute approximate surface area is 150 Å². The molecule has 0 aromatic heterocycles. The lowest BCUT2D eigenvalue weighted by Gasteiger charge is -2.28. The third-order valence-electron chi connectivity index (χ3n) is 4.05. The molecule has 0 fully saturated rings. The van der Waals surface area contributed by atoms with Crippen molar-refractivity contribution in [2.75, 3.05) is 12.4 Å². The zero-order valence-corrected chi connectivity index (χ0v) is 14.3. The lowest BCUT2D eigenvalue weighted by Crippen LogP contribution is -2.46. The van der Waals surface area contributed by atoms with Crippen molar-refractivity contribution in [1.29, 1.82) is 0 Å².